The number of hydrogen-bond acceptors (Lipinski definition) is 5. The minimum Gasteiger partial charge on any atom is -0.490 e. The standard InChI is InChI=1S/C33H29F3N2O5/c1-2-41-30-20-23(14-16-29(30)43-19-18-42-28-12-4-3-5-13-28)15-17-31(39)37-26-10-6-8-24(21-26)32(40)38-27-11-7-9-25(22-27)33(34,35)36/h3-17,20-22H,2,18-19H2,1H3,(H,37,39)(H,38,40). The maximum Gasteiger partial charge on any atom is 0.416 e. The first-order valence-electron chi connectivity index (χ1n) is 13.4. The van der Waals surface area contributed by atoms with Gasteiger partial charge in [-0.3, -0.25) is 9.59 Å². The second kappa shape index (κ2) is 14.6. The molecule has 2 amide bonds. The second-order valence-corrected chi connectivity index (χ2v) is 9.09. The van der Waals surface area contributed by atoms with Crippen molar-refractivity contribution in [1.82, 2.24) is 0 Å². The minimum absolute atomic E-state index is 0.000514. The number of nitrogens with one attached hydrogen (secondary N) is 2. The van der Waals surface area contributed by atoms with Crippen molar-refractivity contribution in [3.63, 3.8) is 0 Å². The molecular weight excluding hydrogens is 561 g/mol. The van der Waals surface area contributed by atoms with Crippen LogP contribution < -0.4 is 24.8 Å². The molecule has 0 saturated heterocycles. The van der Waals surface area contributed by atoms with E-state index in [-0.39, 0.29) is 11.3 Å². The number of benzene rings is 4. The first kappa shape index (κ1) is 30.7. The predicted molar refractivity (Wildman–Crippen MR) is 159 cm³/mol. The Bertz CT molecular complexity index is 1570. The third kappa shape index (κ3) is 9.39. The normalized spacial score (nSPS) is 11.2. The second-order valence-electron chi connectivity index (χ2n) is 9.09. The third-order valence-electron chi connectivity index (χ3n) is 5.89. The highest BCUT2D eigenvalue weighted by Crippen LogP contribution is 2.31. The number of para-hydroxylation sites is 1. The first-order valence-corrected chi connectivity index (χ1v) is 13.4. The zero-order valence-corrected chi connectivity index (χ0v) is 23.2. The molecule has 222 valence electrons. The monoisotopic (exact) mass is 590 g/mol. The summed E-state index contributed by atoms with van der Waals surface area (Å²) in [6, 6.07) is 25.1. The number of amides is 2. The van der Waals surface area contributed by atoms with Gasteiger partial charge in [0.25, 0.3) is 5.91 Å². The summed E-state index contributed by atoms with van der Waals surface area (Å²) in [5.74, 6) is 0.736. The topological polar surface area (TPSA) is 85.9 Å². The summed E-state index contributed by atoms with van der Waals surface area (Å²) in [4.78, 5) is 25.2. The van der Waals surface area contributed by atoms with E-state index >= 15 is 0 Å². The van der Waals surface area contributed by atoms with Crippen molar-refractivity contribution in [2.24, 2.45) is 0 Å². The van der Waals surface area contributed by atoms with Crippen molar-refractivity contribution in [1.29, 1.82) is 0 Å². The van der Waals surface area contributed by atoms with Crippen LogP contribution in [0.25, 0.3) is 6.08 Å². The molecule has 0 aliphatic carbocycles. The van der Waals surface area contributed by atoms with Gasteiger partial charge >= 0.3 is 6.18 Å². The van der Waals surface area contributed by atoms with Crippen LogP contribution in [-0.2, 0) is 11.0 Å². The molecule has 4 rings (SSSR count). The van der Waals surface area contributed by atoms with Gasteiger partial charge in [0.2, 0.25) is 5.91 Å². The molecule has 0 radical (unpaired) electrons. The Morgan fingerprint density at radius 2 is 1.47 bits per heavy atom. The maximum atomic E-state index is 13.0. The number of ether oxygens (including phenoxy) is 3. The molecule has 0 aliphatic rings. The molecule has 0 heterocycles. The van der Waals surface area contributed by atoms with Crippen LogP contribution in [0.3, 0.4) is 0 Å². The smallest absolute Gasteiger partial charge is 0.416 e. The molecule has 4 aromatic rings. The highest BCUT2D eigenvalue weighted by Gasteiger charge is 2.30. The van der Waals surface area contributed by atoms with Gasteiger partial charge in [-0.05, 0) is 79.2 Å². The van der Waals surface area contributed by atoms with Gasteiger partial charge in [-0.25, -0.2) is 0 Å². The molecule has 43 heavy (non-hydrogen) atoms. The fourth-order valence-electron chi connectivity index (χ4n) is 3.91. The maximum absolute atomic E-state index is 13.0. The summed E-state index contributed by atoms with van der Waals surface area (Å²) in [6.45, 7) is 2.93. The third-order valence-corrected chi connectivity index (χ3v) is 5.89. The summed E-state index contributed by atoms with van der Waals surface area (Å²) in [5.41, 5.74) is 0.316. The zero-order chi connectivity index (χ0) is 30.7. The van der Waals surface area contributed by atoms with E-state index in [1.807, 2.05) is 37.3 Å². The molecule has 0 atom stereocenters. The quantitative estimate of drug-likeness (QED) is 0.132. The van der Waals surface area contributed by atoms with Crippen LogP contribution in [0.5, 0.6) is 17.2 Å². The van der Waals surface area contributed by atoms with Crippen molar-refractivity contribution < 1.29 is 37.0 Å². The summed E-state index contributed by atoms with van der Waals surface area (Å²) in [5, 5.41) is 5.12. The van der Waals surface area contributed by atoms with Gasteiger partial charge < -0.3 is 24.8 Å². The number of alkyl halides is 3. The molecule has 4 aromatic carbocycles. The Morgan fingerprint density at radius 1 is 0.744 bits per heavy atom. The Hall–Kier alpha value is -5.25. The van der Waals surface area contributed by atoms with Crippen molar-refractivity contribution in [3.05, 3.63) is 120 Å². The van der Waals surface area contributed by atoms with Gasteiger partial charge in [0.1, 0.15) is 19.0 Å². The molecular formula is C33H29F3N2O5. The largest absolute Gasteiger partial charge is 0.490 e. The molecule has 0 fully saturated rings. The van der Waals surface area contributed by atoms with Gasteiger partial charge in [-0.1, -0.05) is 36.4 Å². The number of halogens is 3. The average Bonchev–Trinajstić information content (AvgIpc) is 2.99. The van der Waals surface area contributed by atoms with E-state index in [2.05, 4.69) is 10.6 Å². The van der Waals surface area contributed by atoms with E-state index in [4.69, 9.17) is 14.2 Å². The summed E-state index contributed by atoms with van der Waals surface area (Å²) in [7, 11) is 0. The highest BCUT2D eigenvalue weighted by atomic mass is 19.4. The van der Waals surface area contributed by atoms with Crippen LogP contribution in [0, 0.1) is 0 Å². The summed E-state index contributed by atoms with van der Waals surface area (Å²) < 4.78 is 56.1. The zero-order valence-electron chi connectivity index (χ0n) is 23.2. The Labute approximate surface area is 246 Å². The predicted octanol–water partition coefficient (Wildman–Crippen LogP) is 7.47. The van der Waals surface area contributed by atoms with Crippen LogP contribution in [0.15, 0.2) is 103 Å². The molecule has 0 bridgehead atoms. The van der Waals surface area contributed by atoms with E-state index in [9.17, 15) is 22.8 Å². The van der Waals surface area contributed by atoms with Crippen molar-refractivity contribution >= 4 is 29.3 Å². The molecule has 10 heteroatoms. The fraction of sp³-hybridized carbons (Fsp3) is 0.152. The van der Waals surface area contributed by atoms with Crippen LogP contribution in [-0.4, -0.2) is 31.6 Å². The van der Waals surface area contributed by atoms with E-state index in [1.165, 1.54) is 30.3 Å². The Kier molecular flexibility index (Phi) is 10.4. The van der Waals surface area contributed by atoms with Crippen LogP contribution >= 0.6 is 0 Å². The molecule has 0 aliphatic heterocycles. The lowest BCUT2D eigenvalue weighted by Crippen LogP contribution is -2.14. The van der Waals surface area contributed by atoms with E-state index in [0.29, 0.717) is 42.6 Å². The number of carbonyl (C=O) groups is 2. The summed E-state index contributed by atoms with van der Waals surface area (Å²) >= 11 is 0. The van der Waals surface area contributed by atoms with Gasteiger partial charge in [0, 0.05) is 23.0 Å². The Balaban J connectivity index is 1.33. The average molecular weight is 591 g/mol. The molecule has 0 unspecified atom stereocenters. The van der Waals surface area contributed by atoms with E-state index < -0.39 is 23.6 Å². The highest BCUT2D eigenvalue weighted by molar-refractivity contribution is 6.06. The SMILES string of the molecule is CCOc1cc(C=CC(=O)Nc2cccc(C(=O)Nc3cccc(C(F)(F)F)c3)c2)ccc1OCCOc1ccccc1. The fourth-order valence-corrected chi connectivity index (χ4v) is 3.91. The van der Waals surface area contributed by atoms with Gasteiger partial charge in [0.15, 0.2) is 11.5 Å². The van der Waals surface area contributed by atoms with Crippen LogP contribution in [0.2, 0.25) is 0 Å². The number of hydrogen-bond donors (Lipinski definition) is 2. The summed E-state index contributed by atoms with van der Waals surface area (Å²) in [6.07, 6.45) is -1.60. The van der Waals surface area contributed by atoms with Gasteiger partial charge in [-0.2, -0.15) is 13.2 Å². The minimum atomic E-state index is -4.53. The molecule has 0 spiro atoms. The van der Waals surface area contributed by atoms with Gasteiger partial charge in [-0.15, -0.1) is 0 Å². The van der Waals surface area contributed by atoms with Gasteiger partial charge in [0.05, 0.1) is 12.2 Å². The van der Waals surface area contributed by atoms with Crippen molar-refractivity contribution in [2.75, 3.05) is 30.5 Å². The molecule has 7 nitrogen and oxygen atoms in total. The van der Waals surface area contributed by atoms with Crippen molar-refractivity contribution in [2.45, 2.75) is 13.1 Å². The number of carbonyl (C=O) groups excluding carboxylic acids is 2. The Morgan fingerprint density at radius 3 is 2.21 bits per heavy atom. The number of anilines is 2. The molecule has 0 aromatic heterocycles. The van der Waals surface area contributed by atoms with E-state index in [1.54, 1.807) is 36.4 Å². The van der Waals surface area contributed by atoms with Crippen LogP contribution in [0.4, 0.5) is 24.5 Å². The molecule has 2 N–H and O–H groups in total. The molecule has 0 saturated carbocycles. The lowest BCUT2D eigenvalue weighted by molar-refractivity contribution is -0.137. The van der Waals surface area contributed by atoms with E-state index in [0.717, 1.165) is 17.9 Å². The first-order chi connectivity index (χ1) is 20.7. The van der Waals surface area contributed by atoms with Crippen LogP contribution in [0.1, 0.15) is 28.4 Å². The number of rotatable bonds is 12. The lowest BCUT2D eigenvalue weighted by atomic mass is 10.1. The van der Waals surface area contributed by atoms with Crippen molar-refractivity contribution in [3.8, 4) is 17.2 Å². The lowest BCUT2D eigenvalue weighted by Gasteiger charge is -2.13.